The van der Waals surface area contributed by atoms with Crippen LogP contribution in [-0.4, -0.2) is 44.5 Å². The Morgan fingerprint density at radius 2 is 2.08 bits per heavy atom. The molecule has 1 aromatic rings. The number of nitro groups is 1. The number of hydrogen-bond acceptors (Lipinski definition) is 7. The highest BCUT2D eigenvalue weighted by Crippen LogP contribution is 2.32. The Hall–Kier alpha value is -2.39. The molecule has 25 heavy (non-hydrogen) atoms. The Morgan fingerprint density at radius 1 is 1.44 bits per heavy atom. The Labute approximate surface area is 148 Å². The fraction of sp³-hybridized carbons (Fsp3) is 0.375. The van der Waals surface area contributed by atoms with Crippen LogP contribution in [0, 0.1) is 10.1 Å². The van der Waals surface area contributed by atoms with Gasteiger partial charge in [0.15, 0.2) is 6.10 Å². The molecular formula is C16H18N2O6S. The lowest BCUT2D eigenvalue weighted by Crippen LogP contribution is -2.63. The summed E-state index contributed by atoms with van der Waals surface area (Å²) in [4.78, 5) is 35.6. The van der Waals surface area contributed by atoms with Gasteiger partial charge in [0.05, 0.1) is 4.92 Å². The highest BCUT2D eigenvalue weighted by molar-refractivity contribution is 7.99. The van der Waals surface area contributed by atoms with Gasteiger partial charge >= 0.3 is 5.97 Å². The zero-order valence-electron chi connectivity index (χ0n) is 13.7. The molecule has 1 aliphatic rings. The Kier molecular flexibility index (Phi) is 6.16. The number of hydrogen-bond donors (Lipinski definition) is 1. The summed E-state index contributed by atoms with van der Waals surface area (Å²) in [5.41, 5.74) is 0.634. The van der Waals surface area contributed by atoms with Crippen LogP contribution in [0.25, 0.3) is 0 Å². The van der Waals surface area contributed by atoms with Gasteiger partial charge in [-0.05, 0) is 30.4 Å². The number of thioether (sulfide) groups is 1. The van der Waals surface area contributed by atoms with Crippen molar-refractivity contribution in [2.24, 2.45) is 0 Å². The van der Waals surface area contributed by atoms with E-state index in [1.807, 2.05) is 6.92 Å². The van der Waals surface area contributed by atoms with Crippen LogP contribution < -0.4 is 0 Å². The minimum Gasteiger partial charge on any atom is -0.456 e. The minimum absolute atomic E-state index is 0.0513. The molecule has 0 saturated carbocycles. The molecule has 1 fully saturated rings. The average molecular weight is 366 g/mol. The van der Waals surface area contributed by atoms with E-state index in [0.29, 0.717) is 12.0 Å². The Bertz CT molecular complexity index is 703. The number of amides is 1. The lowest BCUT2D eigenvalue weighted by molar-refractivity contribution is -0.384. The number of allylic oxidation sites excluding steroid dienone is 1. The number of esters is 1. The average Bonchev–Trinajstić information content (AvgIpc) is 2.62. The normalized spacial score (nSPS) is 20.2. The number of aliphatic hydroxyl groups is 1. The van der Waals surface area contributed by atoms with Gasteiger partial charge in [-0.1, -0.05) is 13.0 Å². The molecule has 8 nitrogen and oxygen atoms in total. The summed E-state index contributed by atoms with van der Waals surface area (Å²) in [6, 6.07) is 5.64. The molecule has 1 saturated heterocycles. The van der Waals surface area contributed by atoms with Crippen molar-refractivity contribution in [3.05, 3.63) is 51.7 Å². The predicted molar refractivity (Wildman–Crippen MR) is 91.4 cm³/mol. The monoisotopic (exact) mass is 366 g/mol. The number of carbonyl (C=O) groups excluding carboxylic acids is 2. The summed E-state index contributed by atoms with van der Waals surface area (Å²) in [7, 11) is 0. The predicted octanol–water partition coefficient (Wildman–Crippen LogP) is 1.82. The molecule has 0 radical (unpaired) electrons. The smallest absolute Gasteiger partial charge is 0.355 e. The number of rotatable bonds is 7. The van der Waals surface area contributed by atoms with Crippen molar-refractivity contribution in [1.82, 2.24) is 4.90 Å². The number of aliphatic hydroxyl groups excluding tert-OH is 1. The molecule has 0 spiro atoms. The van der Waals surface area contributed by atoms with Crippen LogP contribution in [-0.2, 0) is 20.9 Å². The molecular weight excluding hydrogens is 348 g/mol. The van der Waals surface area contributed by atoms with E-state index >= 15 is 0 Å². The number of nitro benzene ring substituents is 1. The van der Waals surface area contributed by atoms with Gasteiger partial charge in [0.2, 0.25) is 0 Å². The van der Waals surface area contributed by atoms with E-state index in [1.165, 1.54) is 40.9 Å². The quantitative estimate of drug-likeness (QED) is 0.258. The third kappa shape index (κ3) is 3.99. The van der Waals surface area contributed by atoms with Crippen LogP contribution in [0.1, 0.15) is 18.9 Å². The van der Waals surface area contributed by atoms with Crippen LogP contribution in [0.2, 0.25) is 0 Å². The SMILES string of the molecule is CCC=C(C(=O)OCc1ccc([N+](=O)[O-])cc1)N1C(=O)C(O)C1SC. The fourth-order valence-electron chi connectivity index (χ4n) is 2.35. The maximum atomic E-state index is 12.3. The number of likely N-dealkylation sites (tertiary alicyclic amines) is 1. The molecule has 2 unspecified atom stereocenters. The fourth-order valence-corrected chi connectivity index (χ4v) is 3.15. The first kappa shape index (κ1) is 18.9. The topological polar surface area (TPSA) is 110 Å². The number of β-lactam (4-membered cyclic amide) rings is 1. The van der Waals surface area contributed by atoms with E-state index in [4.69, 9.17) is 4.74 Å². The number of nitrogens with zero attached hydrogens (tertiary/aromatic N) is 2. The molecule has 2 atom stereocenters. The zero-order valence-corrected chi connectivity index (χ0v) is 14.6. The van der Waals surface area contributed by atoms with Crippen molar-refractivity contribution >= 4 is 29.3 Å². The van der Waals surface area contributed by atoms with Gasteiger partial charge in [-0.15, -0.1) is 11.8 Å². The maximum absolute atomic E-state index is 12.3. The van der Waals surface area contributed by atoms with Gasteiger partial charge < -0.3 is 9.84 Å². The Morgan fingerprint density at radius 3 is 2.60 bits per heavy atom. The van der Waals surface area contributed by atoms with Gasteiger partial charge in [0, 0.05) is 12.1 Å². The van der Waals surface area contributed by atoms with Crippen molar-refractivity contribution < 1.29 is 24.4 Å². The van der Waals surface area contributed by atoms with E-state index in [-0.39, 0.29) is 18.0 Å². The highest BCUT2D eigenvalue weighted by atomic mass is 32.2. The standard InChI is InChI=1S/C16H18N2O6S/c1-3-4-12(17-14(20)13(19)15(17)25-2)16(21)24-9-10-5-7-11(8-6-10)18(22)23/h4-8,13,15,19H,3,9H2,1-2H3. The molecule has 9 heteroatoms. The lowest BCUT2D eigenvalue weighted by atomic mass is 10.1. The van der Waals surface area contributed by atoms with Crippen LogP contribution >= 0.6 is 11.8 Å². The zero-order chi connectivity index (χ0) is 18.6. The molecule has 0 bridgehead atoms. The molecule has 2 rings (SSSR count). The summed E-state index contributed by atoms with van der Waals surface area (Å²) in [5.74, 6) is -1.22. The summed E-state index contributed by atoms with van der Waals surface area (Å²) in [5, 5.41) is 19.8. The van der Waals surface area contributed by atoms with Gasteiger partial charge in [-0.3, -0.25) is 19.8 Å². The van der Waals surface area contributed by atoms with E-state index in [1.54, 1.807) is 12.3 Å². The first-order chi connectivity index (χ1) is 11.9. The van der Waals surface area contributed by atoms with E-state index in [2.05, 4.69) is 0 Å². The number of carbonyl (C=O) groups is 2. The summed E-state index contributed by atoms with van der Waals surface area (Å²) in [6.45, 7) is 1.74. The van der Waals surface area contributed by atoms with Gasteiger partial charge in [-0.2, -0.15) is 0 Å². The molecule has 0 aromatic heterocycles. The molecule has 1 N–H and O–H groups in total. The first-order valence-electron chi connectivity index (χ1n) is 7.55. The highest BCUT2D eigenvalue weighted by Gasteiger charge is 2.49. The largest absolute Gasteiger partial charge is 0.456 e. The molecule has 1 heterocycles. The van der Waals surface area contributed by atoms with Crippen LogP contribution in [0.5, 0.6) is 0 Å². The van der Waals surface area contributed by atoms with Crippen molar-refractivity contribution in [1.29, 1.82) is 0 Å². The lowest BCUT2D eigenvalue weighted by Gasteiger charge is -2.43. The number of ether oxygens (including phenoxy) is 1. The van der Waals surface area contributed by atoms with Crippen molar-refractivity contribution in [3.8, 4) is 0 Å². The Balaban J connectivity index is 2.05. The van der Waals surface area contributed by atoms with Crippen molar-refractivity contribution in [3.63, 3.8) is 0 Å². The molecule has 0 aliphatic carbocycles. The van der Waals surface area contributed by atoms with Crippen molar-refractivity contribution in [2.75, 3.05) is 6.26 Å². The first-order valence-corrected chi connectivity index (χ1v) is 8.84. The summed E-state index contributed by atoms with van der Waals surface area (Å²) >= 11 is 1.26. The minimum atomic E-state index is -1.13. The second kappa shape index (κ2) is 8.13. The number of non-ortho nitro benzene ring substituents is 1. The summed E-state index contributed by atoms with van der Waals surface area (Å²) in [6.07, 6.45) is 2.70. The van der Waals surface area contributed by atoms with E-state index in [0.717, 1.165) is 0 Å². The van der Waals surface area contributed by atoms with Crippen LogP contribution in [0.3, 0.4) is 0 Å². The number of benzene rings is 1. The van der Waals surface area contributed by atoms with Crippen molar-refractivity contribution in [2.45, 2.75) is 31.4 Å². The van der Waals surface area contributed by atoms with Gasteiger partial charge in [0.25, 0.3) is 11.6 Å². The third-order valence-electron chi connectivity index (χ3n) is 3.64. The van der Waals surface area contributed by atoms with Gasteiger partial charge in [-0.25, -0.2) is 4.79 Å². The molecule has 1 aliphatic heterocycles. The molecule has 134 valence electrons. The van der Waals surface area contributed by atoms with Gasteiger partial charge in [0.1, 0.15) is 17.7 Å². The third-order valence-corrected chi connectivity index (χ3v) is 4.59. The van der Waals surface area contributed by atoms with Crippen LogP contribution in [0.4, 0.5) is 5.69 Å². The second-order valence-electron chi connectivity index (χ2n) is 5.28. The molecule has 1 amide bonds. The second-order valence-corrected chi connectivity index (χ2v) is 6.23. The molecule has 1 aromatic carbocycles. The summed E-state index contributed by atoms with van der Waals surface area (Å²) < 4.78 is 5.21. The van der Waals surface area contributed by atoms with E-state index < -0.39 is 28.3 Å². The van der Waals surface area contributed by atoms with Crippen LogP contribution in [0.15, 0.2) is 36.0 Å². The van der Waals surface area contributed by atoms with E-state index in [9.17, 15) is 24.8 Å². The maximum Gasteiger partial charge on any atom is 0.355 e.